The van der Waals surface area contributed by atoms with Crippen LogP contribution in [0.4, 0.5) is 0 Å². The van der Waals surface area contributed by atoms with Crippen molar-refractivity contribution in [2.45, 2.75) is 44.4 Å². The lowest BCUT2D eigenvalue weighted by Crippen LogP contribution is -2.31. The summed E-state index contributed by atoms with van der Waals surface area (Å²) < 4.78 is 0. The first kappa shape index (κ1) is 10.1. The summed E-state index contributed by atoms with van der Waals surface area (Å²) in [5.41, 5.74) is 2.69. The molecular formula is C15H18O. The first-order chi connectivity index (χ1) is 7.86. The normalized spacial score (nSPS) is 24.6. The number of hydrogen-bond acceptors (Lipinski definition) is 1. The Bertz CT molecular complexity index is 402. The van der Waals surface area contributed by atoms with Crippen LogP contribution in [-0.4, -0.2) is 5.78 Å². The molecule has 3 rings (SSSR count). The molecule has 0 spiro atoms. The monoisotopic (exact) mass is 214 g/mol. The Balaban J connectivity index is 1.73. The molecule has 0 heterocycles. The van der Waals surface area contributed by atoms with E-state index in [1.54, 1.807) is 0 Å². The number of carbonyl (C=O) groups excluding carboxylic acids is 1. The van der Waals surface area contributed by atoms with Crippen molar-refractivity contribution in [2.24, 2.45) is 5.92 Å². The van der Waals surface area contributed by atoms with Crippen LogP contribution in [0.1, 0.15) is 49.1 Å². The van der Waals surface area contributed by atoms with Crippen molar-refractivity contribution in [3.8, 4) is 0 Å². The maximum absolute atomic E-state index is 12.3. The molecule has 1 aromatic carbocycles. The lowest BCUT2D eigenvalue weighted by Gasteiger charge is -2.33. The molecule has 84 valence electrons. The van der Waals surface area contributed by atoms with E-state index in [1.165, 1.54) is 30.4 Å². The molecule has 0 aliphatic heterocycles. The minimum atomic E-state index is 0.235. The van der Waals surface area contributed by atoms with Crippen molar-refractivity contribution in [1.29, 1.82) is 0 Å². The molecule has 0 bridgehead atoms. The Morgan fingerprint density at radius 3 is 2.56 bits per heavy atom. The van der Waals surface area contributed by atoms with Crippen molar-refractivity contribution < 1.29 is 4.79 Å². The second-order valence-electron chi connectivity index (χ2n) is 5.19. The van der Waals surface area contributed by atoms with Gasteiger partial charge >= 0.3 is 0 Å². The van der Waals surface area contributed by atoms with Gasteiger partial charge in [0.1, 0.15) is 5.78 Å². The summed E-state index contributed by atoms with van der Waals surface area (Å²) in [4.78, 5) is 12.3. The van der Waals surface area contributed by atoms with Crippen LogP contribution in [0.3, 0.4) is 0 Å². The summed E-state index contributed by atoms with van der Waals surface area (Å²) in [7, 11) is 0. The van der Waals surface area contributed by atoms with Crippen LogP contribution >= 0.6 is 0 Å². The van der Waals surface area contributed by atoms with Crippen LogP contribution < -0.4 is 0 Å². The minimum absolute atomic E-state index is 0.235. The standard InChI is InChI=1S/C15H18O/c16-15(11-6-2-1-3-7-11)14-10-12-8-4-5-9-13(12)14/h4-5,8-9,11,14H,1-3,6-7,10H2. The van der Waals surface area contributed by atoms with E-state index >= 15 is 0 Å². The van der Waals surface area contributed by atoms with Gasteiger partial charge < -0.3 is 0 Å². The van der Waals surface area contributed by atoms with Gasteiger partial charge in [0, 0.05) is 11.8 Å². The molecule has 1 unspecified atom stereocenters. The summed E-state index contributed by atoms with van der Waals surface area (Å²) in [6.45, 7) is 0. The largest absolute Gasteiger partial charge is 0.299 e. The summed E-state index contributed by atoms with van der Waals surface area (Å²) in [5.74, 6) is 1.13. The maximum Gasteiger partial charge on any atom is 0.143 e. The van der Waals surface area contributed by atoms with Crippen molar-refractivity contribution >= 4 is 5.78 Å². The van der Waals surface area contributed by atoms with E-state index in [0.29, 0.717) is 11.7 Å². The molecule has 1 fully saturated rings. The van der Waals surface area contributed by atoms with E-state index in [0.717, 1.165) is 19.3 Å². The third kappa shape index (κ3) is 1.59. The molecule has 16 heavy (non-hydrogen) atoms. The first-order valence-electron chi connectivity index (χ1n) is 6.48. The Hall–Kier alpha value is -1.11. The highest BCUT2D eigenvalue weighted by Crippen LogP contribution is 2.39. The van der Waals surface area contributed by atoms with Crippen LogP contribution in [-0.2, 0) is 11.2 Å². The molecule has 0 radical (unpaired) electrons. The molecule has 2 aliphatic carbocycles. The fourth-order valence-corrected chi connectivity index (χ4v) is 3.18. The molecule has 0 N–H and O–H groups in total. The van der Waals surface area contributed by atoms with Gasteiger partial charge in [0.25, 0.3) is 0 Å². The average molecular weight is 214 g/mol. The fourth-order valence-electron chi connectivity index (χ4n) is 3.18. The quantitative estimate of drug-likeness (QED) is 0.736. The highest BCUT2D eigenvalue weighted by molar-refractivity contribution is 5.90. The third-order valence-corrected chi connectivity index (χ3v) is 4.21. The minimum Gasteiger partial charge on any atom is -0.299 e. The highest BCUT2D eigenvalue weighted by atomic mass is 16.1. The summed E-state index contributed by atoms with van der Waals surface area (Å²) in [6.07, 6.45) is 7.10. The number of hydrogen-bond donors (Lipinski definition) is 0. The van der Waals surface area contributed by atoms with Crippen LogP contribution in [0.25, 0.3) is 0 Å². The van der Waals surface area contributed by atoms with Crippen molar-refractivity contribution in [1.82, 2.24) is 0 Å². The number of Topliss-reactive ketones (excluding diaryl/α,β-unsaturated/α-hetero) is 1. The van der Waals surface area contributed by atoms with Gasteiger partial charge in [0.05, 0.1) is 0 Å². The van der Waals surface area contributed by atoms with Gasteiger partial charge in [-0.2, -0.15) is 0 Å². The van der Waals surface area contributed by atoms with E-state index in [9.17, 15) is 4.79 Å². The van der Waals surface area contributed by atoms with Crippen molar-refractivity contribution in [3.63, 3.8) is 0 Å². The van der Waals surface area contributed by atoms with Crippen LogP contribution in [0, 0.1) is 5.92 Å². The van der Waals surface area contributed by atoms with Gasteiger partial charge in [-0.1, -0.05) is 43.5 Å². The number of ketones is 1. The number of fused-ring (bicyclic) bond motifs is 1. The molecule has 1 aromatic rings. The summed E-state index contributed by atoms with van der Waals surface area (Å²) in [6, 6.07) is 8.41. The molecule has 0 saturated heterocycles. The lowest BCUT2D eigenvalue weighted by atomic mass is 9.70. The SMILES string of the molecule is O=C(C1CCCCC1)C1Cc2ccccc21. The Morgan fingerprint density at radius 2 is 1.81 bits per heavy atom. The second-order valence-corrected chi connectivity index (χ2v) is 5.19. The molecule has 1 heteroatoms. The topological polar surface area (TPSA) is 17.1 Å². The maximum atomic E-state index is 12.3. The van der Waals surface area contributed by atoms with Crippen molar-refractivity contribution in [3.05, 3.63) is 35.4 Å². The van der Waals surface area contributed by atoms with Crippen LogP contribution in [0.2, 0.25) is 0 Å². The second kappa shape index (κ2) is 4.04. The summed E-state index contributed by atoms with van der Waals surface area (Å²) in [5, 5.41) is 0. The lowest BCUT2D eigenvalue weighted by molar-refractivity contribution is -0.125. The van der Waals surface area contributed by atoms with E-state index in [2.05, 4.69) is 24.3 Å². The smallest absolute Gasteiger partial charge is 0.143 e. The fraction of sp³-hybridized carbons (Fsp3) is 0.533. The molecule has 1 nitrogen and oxygen atoms in total. The van der Waals surface area contributed by atoms with Gasteiger partial charge in [0.15, 0.2) is 0 Å². The third-order valence-electron chi connectivity index (χ3n) is 4.21. The Kier molecular flexibility index (Phi) is 2.55. The molecule has 0 amide bonds. The first-order valence-corrected chi connectivity index (χ1v) is 6.48. The van der Waals surface area contributed by atoms with Crippen molar-refractivity contribution in [2.75, 3.05) is 0 Å². The van der Waals surface area contributed by atoms with Gasteiger partial charge in [-0.05, 0) is 30.4 Å². The molecule has 0 aromatic heterocycles. The number of carbonyl (C=O) groups is 1. The number of benzene rings is 1. The molecule has 1 atom stereocenters. The Morgan fingerprint density at radius 1 is 1.06 bits per heavy atom. The van der Waals surface area contributed by atoms with E-state index in [4.69, 9.17) is 0 Å². The van der Waals surface area contributed by atoms with Crippen LogP contribution in [0.15, 0.2) is 24.3 Å². The zero-order valence-corrected chi connectivity index (χ0v) is 9.61. The molecular weight excluding hydrogens is 196 g/mol. The van der Waals surface area contributed by atoms with Gasteiger partial charge in [-0.25, -0.2) is 0 Å². The van der Waals surface area contributed by atoms with Gasteiger partial charge in [-0.3, -0.25) is 4.79 Å². The van der Waals surface area contributed by atoms with Gasteiger partial charge in [-0.15, -0.1) is 0 Å². The Labute approximate surface area is 96.9 Å². The van der Waals surface area contributed by atoms with E-state index in [-0.39, 0.29) is 5.92 Å². The average Bonchev–Trinajstić information content (AvgIpc) is 2.32. The zero-order valence-electron chi connectivity index (χ0n) is 9.61. The van der Waals surface area contributed by atoms with Gasteiger partial charge in [0.2, 0.25) is 0 Å². The van der Waals surface area contributed by atoms with E-state index < -0.39 is 0 Å². The number of rotatable bonds is 2. The predicted molar refractivity (Wildman–Crippen MR) is 64.5 cm³/mol. The predicted octanol–water partition coefficient (Wildman–Crippen LogP) is 3.48. The molecule has 1 saturated carbocycles. The van der Waals surface area contributed by atoms with Crippen LogP contribution in [0.5, 0.6) is 0 Å². The van der Waals surface area contributed by atoms with E-state index in [1.807, 2.05) is 0 Å². The molecule has 2 aliphatic rings. The zero-order chi connectivity index (χ0) is 11.0. The highest BCUT2D eigenvalue weighted by Gasteiger charge is 2.35. The summed E-state index contributed by atoms with van der Waals surface area (Å²) >= 11 is 0.